The summed E-state index contributed by atoms with van der Waals surface area (Å²) in [6, 6.07) is 6.05. The number of amides is 1. The fourth-order valence-corrected chi connectivity index (χ4v) is 5.41. The second-order valence-corrected chi connectivity index (χ2v) is 8.45. The number of aryl methyl sites for hydroxylation is 2. The maximum atomic E-state index is 12.7. The highest BCUT2D eigenvalue weighted by molar-refractivity contribution is 9.10. The molecule has 0 aliphatic carbocycles. The molecule has 1 N–H and O–H groups in total. The molecule has 0 atom stereocenters. The molecule has 26 heavy (non-hydrogen) atoms. The normalized spacial score (nSPS) is 12.9. The van der Waals surface area contributed by atoms with Crippen LogP contribution in [0.3, 0.4) is 0 Å². The Morgan fingerprint density at radius 2 is 2.23 bits per heavy atom. The van der Waals surface area contributed by atoms with Gasteiger partial charge in [-0.05, 0) is 52.5 Å². The van der Waals surface area contributed by atoms with E-state index in [4.69, 9.17) is 16.3 Å². The van der Waals surface area contributed by atoms with E-state index in [1.807, 2.05) is 26.0 Å². The molecule has 0 saturated heterocycles. The first-order valence-electron chi connectivity index (χ1n) is 8.23. The van der Waals surface area contributed by atoms with Gasteiger partial charge in [-0.15, -0.1) is 11.3 Å². The Hall–Kier alpha value is -1.63. The monoisotopic (exact) mass is 450 g/mol. The number of carbonyl (C=O) groups is 1. The molecule has 1 aromatic carbocycles. The predicted octanol–water partition coefficient (Wildman–Crippen LogP) is 5.19. The lowest BCUT2D eigenvalue weighted by Crippen LogP contribution is -2.22. The highest BCUT2D eigenvalue weighted by atomic mass is 79.9. The molecule has 0 radical (unpaired) electrons. The number of aromatic nitrogens is 1. The van der Waals surface area contributed by atoms with Crippen molar-refractivity contribution in [3.8, 4) is 5.75 Å². The lowest BCUT2D eigenvalue weighted by atomic mass is 10.1. The van der Waals surface area contributed by atoms with Gasteiger partial charge in [-0.25, -0.2) is 4.98 Å². The average Bonchev–Trinajstić information content (AvgIpc) is 3.21. The first-order chi connectivity index (χ1) is 12.5. The molecule has 0 saturated carbocycles. The fraction of sp³-hybridized carbons (Fsp3) is 0.263. The highest BCUT2D eigenvalue weighted by Crippen LogP contribution is 2.39. The van der Waals surface area contributed by atoms with Crippen molar-refractivity contribution in [3.63, 3.8) is 0 Å². The van der Waals surface area contributed by atoms with E-state index in [1.165, 1.54) is 16.9 Å². The topological polar surface area (TPSA) is 51.2 Å². The summed E-state index contributed by atoms with van der Waals surface area (Å²) in [5.74, 6) is 0.825. The van der Waals surface area contributed by atoms with Gasteiger partial charge in [0.05, 0.1) is 21.8 Å². The molecule has 4 nitrogen and oxygen atoms in total. The zero-order valence-electron chi connectivity index (χ0n) is 14.3. The summed E-state index contributed by atoms with van der Waals surface area (Å²) in [5.41, 5.74) is 3.98. The number of pyridine rings is 1. The number of thiophene rings is 1. The third kappa shape index (κ3) is 3.00. The van der Waals surface area contributed by atoms with E-state index in [0.29, 0.717) is 16.4 Å². The summed E-state index contributed by atoms with van der Waals surface area (Å²) >= 11 is 11.3. The summed E-state index contributed by atoms with van der Waals surface area (Å²) in [7, 11) is 0. The molecular formula is C19H16BrClN2O2S. The Morgan fingerprint density at radius 3 is 3.04 bits per heavy atom. The highest BCUT2D eigenvalue weighted by Gasteiger charge is 2.21. The van der Waals surface area contributed by atoms with Crippen LogP contribution in [-0.4, -0.2) is 17.5 Å². The van der Waals surface area contributed by atoms with Gasteiger partial charge in [0.25, 0.3) is 5.91 Å². The van der Waals surface area contributed by atoms with Crippen molar-refractivity contribution in [2.45, 2.75) is 26.8 Å². The lowest BCUT2D eigenvalue weighted by Gasteiger charge is -2.06. The number of hydrogen-bond donors (Lipinski definition) is 1. The van der Waals surface area contributed by atoms with E-state index in [2.05, 4.69) is 32.3 Å². The molecular weight excluding hydrogens is 436 g/mol. The summed E-state index contributed by atoms with van der Waals surface area (Å²) in [6.45, 7) is 5.03. The summed E-state index contributed by atoms with van der Waals surface area (Å²) in [4.78, 5) is 18.7. The Kier molecular flexibility index (Phi) is 4.67. The average molecular weight is 452 g/mol. The van der Waals surface area contributed by atoms with Crippen LogP contribution in [-0.2, 0) is 13.0 Å². The van der Waals surface area contributed by atoms with E-state index in [9.17, 15) is 4.79 Å². The third-order valence-corrected chi connectivity index (χ3v) is 7.23. The molecule has 0 bridgehead atoms. The molecule has 4 rings (SSSR count). The second-order valence-electron chi connectivity index (χ2n) is 6.28. The minimum absolute atomic E-state index is 0.121. The molecule has 1 aliphatic heterocycles. The molecule has 134 valence electrons. The Labute approximate surface area is 168 Å². The van der Waals surface area contributed by atoms with Crippen molar-refractivity contribution in [1.82, 2.24) is 10.3 Å². The van der Waals surface area contributed by atoms with Gasteiger partial charge in [-0.3, -0.25) is 4.79 Å². The SMILES string of the molecule is Cc1nc2sc(C(=O)NCc3ccc4c(c3)CCO4)c(Br)c2c(C)c1Cl. The first-order valence-corrected chi connectivity index (χ1v) is 10.2. The number of fused-ring (bicyclic) bond motifs is 2. The largest absolute Gasteiger partial charge is 0.493 e. The van der Waals surface area contributed by atoms with Crippen LogP contribution in [0.25, 0.3) is 10.2 Å². The van der Waals surface area contributed by atoms with E-state index >= 15 is 0 Å². The van der Waals surface area contributed by atoms with Crippen LogP contribution in [0, 0.1) is 13.8 Å². The Bertz CT molecular complexity index is 1050. The molecule has 3 aromatic rings. The van der Waals surface area contributed by atoms with E-state index in [-0.39, 0.29) is 5.91 Å². The quantitative estimate of drug-likeness (QED) is 0.596. The molecule has 0 spiro atoms. The van der Waals surface area contributed by atoms with E-state index in [0.717, 1.165) is 50.3 Å². The fourth-order valence-electron chi connectivity index (χ4n) is 3.14. The minimum Gasteiger partial charge on any atom is -0.493 e. The van der Waals surface area contributed by atoms with Crippen LogP contribution in [0.4, 0.5) is 0 Å². The van der Waals surface area contributed by atoms with Gasteiger partial charge in [0.2, 0.25) is 0 Å². The maximum Gasteiger partial charge on any atom is 0.262 e. The maximum absolute atomic E-state index is 12.7. The Morgan fingerprint density at radius 1 is 1.42 bits per heavy atom. The number of nitrogens with one attached hydrogen (secondary N) is 1. The van der Waals surface area contributed by atoms with Crippen LogP contribution in [0.5, 0.6) is 5.75 Å². The van der Waals surface area contributed by atoms with Gasteiger partial charge >= 0.3 is 0 Å². The zero-order valence-corrected chi connectivity index (χ0v) is 17.4. The number of halogens is 2. The zero-order chi connectivity index (χ0) is 18.4. The molecule has 1 aliphatic rings. The van der Waals surface area contributed by atoms with Crippen LogP contribution in [0.15, 0.2) is 22.7 Å². The van der Waals surface area contributed by atoms with Crippen LogP contribution < -0.4 is 10.1 Å². The molecule has 0 unspecified atom stereocenters. The van der Waals surface area contributed by atoms with E-state index in [1.54, 1.807) is 0 Å². The molecule has 2 aromatic heterocycles. The number of carbonyl (C=O) groups excluding carboxylic acids is 1. The summed E-state index contributed by atoms with van der Waals surface area (Å²) in [5, 5.41) is 4.55. The van der Waals surface area contributed by atoms with Gasteiger partial charge in [-0.2, -0.15) is 0 Å². The van der Waals surface area contributed by atoms with Crippen molar-refractivity contribution >= 4 is 55.0 Å². The van der Waals surface area contributed by atoms with Gasteiger partial charge in [-0.1, -0.05) is 23.7 Å². The summed E-state index contributed by atoms with van der Waals surface area (Å²) < 4.78 is 6.27. The third-order valence-electron chi connectivity index (χ3n) is 4.54. The van der Waals surface area contributed by atoms with Crippen LogP contribution in [0.1, 0.15) is 32.1 Å². The number of nitrogens with zero attached hydrogens (tertiary/aromatic N) is 1. The number of ether oxygens (including phenoxy) is 1. The molecule has 0 fully saturated rings. The van der Waals surface area contributed by atoms with Gasteiger partial charge in [0.1, 0.15) is 15.5 Å². The molecule has 7 heteroatoms. The number of benzene rings is 1. The van der Waals surface area contributed by atoms with Crippen molar-refractivity contribution < 1.29 is 9.53 Å². The lowest BCUT2D eigenvalue weighted by molar-refractivity contribution is 0.0954. The van der Waals surface area contributed by atoms with Crippen LogP contribution in [0.2, 0.25) is 5.02 Å². The molecule has 3 heterocycles. The summed E-state index contributed by atoms with van der Waals surface area (Å²) in [6.07, 6.45) is 0.921. The standard InChI is InChI=1S/C19H16BrClN2O2S/c1-9-14-15(20)17(26-19(14)23-10(2)16(9)21)18(24)22-8-11-3-4-13-12(7-11)5-6-25-13/h3-4,7H,5-6,8H2,1-2H3,(H,22,24). The van der Waals surface area contributed by atoms with Crippen molar-refractivity contribution in [2.75, 3.05) is 6.61 Å². The molecule has 1 amide bonds. The van der Waals surface area contributed by atoms with Crippen molar-refractivity contribution in [3.05, 3.63) is 55.0 Å². The van der Waals surface area contributed by atoms with Gasteiger partial charge < -0.3 is 10.1 Å². The van der Waals surface area contributed by atoms with Crippen LogP contribution >= 0.6 is 38.9 Å². The van der Waals surface area contributed by atoms with Gasteiger partial charge in [0.15, 0.2) is 0 Å². The first kappa shape index (κ1) is 17.8. The second kappa shape index (κ2) is 6.83. The smallest absolute Gasteiger partial charge is 0.262 e. The number of hydrogen-bond acceptors (Lipinski definition) is 4. The van der Waals surface area contributed by atoms with Crippen molar-refractivity contribution in [2.24, 2.45) is 0 Å². The predicted molar refractivity (Wildman–Crippen MR) is 109 cm³/mol. The Balaban J connectivity index is 1.58. The van der Waals surface area contributed by atoms with Gasteiger partial charge in [0, 0.05) is 18.4 Å². The van der Waals surface area contributed by atoms with E-state index < -0.39 is 0 Å². The minimum atomic E-state index is -0.121. The van der Waals surface area contributed by atoms with Crippen molar-refractivity contribution in [1.29, 1.82) is 0 Å². The number of rotatable bonds is 3.